The molecule has 2 heterocycles. The van der Waals surface area contributed by atoms with Gasteiger partial charge >= 0.3 is 5.97 Å². The number of benzene rings is 1. The summed E-state index contributed by atoms with van der Waals surface area (Å²) in [5.41, 5.74) is 0.927. The Hall–Kier alpha value is -2.43. The van der Waals surface area contributed by atoms with Crippen molar-refractivity contribution in [2.75, 3.05) is 7.11 Å². The van der Waals surface area contributed by atoms with Gasteiger partial charge in [0.25, 0.3) is 17.7 Å². The van der Waals surface area contributed by atoms with Crippen LogP contribution in [-0.2, 0) is 18.2 Å². The first-order valence-electron chi connectivity index (χ1n) is 9.36. The number of β-lactam (4-membered cyclic amide) rings is 1. The van der Waals surface area contributed by atoms with Crippen LogP contribution in [0.15, 0.2) is 36.4 Å². The fraction of sp³-hybridized carbons (Fsp3) is 0.400. The van der Waals surface area contributed by atoms with Gasteiger partial charge in [-0.2, -0.15) is 0 Å². The third kappa shape index (κ3) is 3.70. The van der Waals surface area contributed by atoms with Gasteiger partial charge in [0.05, 0.1) is 18.2 Å². The highest BCUT2D eigenvalue weighted by Crippen LogP contribution is 2.41. The van der Waals surface area contributed by atoms with Crippen molar-refractivity contribution in [2.45, 2.75) is 44.0 Å². The summed E-state index contributed by atoms with van der Waals surface area (Å²) >= 11 is 1.01. The molecular weight excluding hydrogens is 424 g/mol. The smallest absolute Gasteiger partial charge is 0.332 e. The van der Waals surface area contributed by atoms with Crippen LogP contribution in [0.25, 0.3) is 0 Å². The number of likely N-dealkylation sites (tertiary alicyclic amines) is 1. The van der Waals surface area contributed by atoms with Gasteiger partial charge in [0.15, 0.2) is 12.1 Å². The van der Waals surface area contributed by atoms with E-state index in [1.807, 2.05) is 19.6 Å². The summed E-state index contributed by atoms with van der Waals surface area (Å²) in [6, 6.07) is 4.33. The van der Waals surface area contributed by atoms with Crippen molar-refractivity contribution in [2.24, 2.45) is 0 Å². The van der Waals surface area contributed by atoms with Gasteiger partial charge < -0.3 is 13.5 Å². The molecule has 3 amide bonds. The Labute approximate surface area is 180 Å². The highest BCUT2D eigenvalue weighted by atomic mass is 32.2. The van der Waals surface area contributed by atoms with Crippen molar-refractivity contribution in [3.8, 4) is 0 Å². The Bertz CT molecular complexity index is 908. The van der Waals surface area contributed by atoms with Crippen molar-refractivity contribution in [1.29, 1.82) is 0 Å². The Balaban J connectivity index is 1.97. The number of hydrogen-bond acceptors (Lipinski definition) is 7. The van der Waals surface area contributed by atoms with Gasteiger partial charge in [0, 0.05) is 12.0 Å². The molecule has 3 atom stereocenters. The van der Waals surface area contributed by atoms with Crippen LogP contribution in [0.1, 0.15) is 27.6 Å². The second-order valence-electron chi connectivity index (χ2n) is 8.17. The molecule has 0 bridgehead atoms. The van der Waals surface area contributed by atoms with Gasteiger partial charge in [0.2, 0.25) is 8.32 Å². The van der Waals surface area contributed by atoms with E-state index >= 15 is 0 Å². The predicted molar refractivity (Wildman–Crippen MR) is 114 cm³/mol. The number of hydrogen-bond donors (Lipinski definition) is 0. The molecule has 3 rings (SSSR count). The van der Waals surface area contributed by atoms with Crippen LogP contribution in [0, 0.1) is 0 Å². The third-order valence-corrected chi connectivity index (χ3v) is 7.79. The van der Waals surface area contributed by atoms with E-state index in [-0.39, 0.29) is 11.1 Å². The van der Waals surface area contributed by atoms with Crippen molar-refractivity contribution < 1.29 is 27.8 Å². The number of nitrogens with zero attached hydrogens (tertiary/aromatic N) is 2. The summed E-state index contributed by atoms with van der Waals surface area (Å²) in [7, 11) is -0.793. The number of carbonyl (C=O) groups excluding carboxylic acids is 4. The standard InChI is InChI=1S/C20H24N2O6SSi/c1-11(2)14(20(26)27-3)22-18(25)15(19(22)29-28-30(4,5)6)21-16(23)12-9-7-8-10-13(12)17(21)24/h7-10,14-15,19H,1H2,2-6H3. The summed E-state index contributed by atoms with van der Waals surface area (Å²) in [6.07, 6.45) is 0. The second kappa shape index (κ2) is 8.01. The quantitative estimate of drug-likeness (QED) is 0.158. The molecule has 0 aliphatic carbocycles. The molecule has 0 spiro atoms. The molecule has 1 aromatic rings. The lowest BCUT2D eigenvalue weighted by Gasteiger charge is -2.51. The average molecular weight is 449 g/mol. The number of esters is 1. The Morgan fingerprint density at radius 3 is 2.10 bits per heavy atom. The van der Waals surface area contributed by atoms with Crippen LogP contribution in [-0.4, -0.2) is 66.4 Å². The minimum atomic E-state index is -2.02. The van der Waals surface area contributed by atoms with Crippen LogP contribution in [0.5, 0.6) is 0 Å². The summed E-state index contributed by atoms with van der Waals surface area (Å²) in [6.45, 7) is 11.3. The molecule has 0 radical (unpaired) electrons. The number of carbonyl (C=O) groups is 4. The molecule has 1 saturated heterocycles. The fourth-order valence-corrected chi connectivity index (χ4v) is 5.61. The van der Waals surface area contributed by atoms with E-state index in [2.05, 4.69) is 6.58 Å². The SMILES string of the molecule is C=C(C)C(C(=O)OC)N1C(=O)C(N2C(=O)c3ccccc3C2=O)C1SO[Si](C)(C)C. The van der Waals surface area contributed by atoms with Crippen LogP contribution >= 0.6 is 12.0 Å². The van der Waals surface area contributed by atoms with Crippen LogP contribution in [0.4, 0.5) is 0 Å². The zero-order valence-electron chi connectivity index (χ0n) is 17.5. The molecule has 2 aliphatic rings. The largest absolute Gasteiger partial charge is 0.467 e. The molecule has 30 heavy (non-hydrogen) atoms. The third-order valence-electron chi connectivity index (χ3n) is 4.72. The second-order valence-corrected chi connectivity index (χ2v) is 13.7. The molecule has 1 aromatic carbocycles. The first-order chi connectivity index (χ1) is 14.0. The van der Waals surface area contributed by atoms with Gasteiger partial charge in [-0.1, -0.05) is 18.7 Å². The summed E-state index contributed by atoms with van der Waals surface area (Å²) in [5, 5.41) is -0.757. The first-order valence-corrected chi connectivity index (χ1v) is 13.6. The van der Waals surface area contributed by atoms with Crippen LogP contribution < -0.4 is 0 Å². The molecule has 2 aliphatic heterocycles. The van der Waals surface area contributed by atoms with E-state index in [4.69, 9.17) is 8.61 Å². The van der Waals surface area contributed by atoms with Gasteiger partial charge in [-0.05, 0) is 44.3 Å². The van der Waals surface area contributed by atoms with Crippen molar-refractivity contribution in [1.82, 2.24) is 9.80 Å². The molecule has 0 saturated carbocycles. The molecule has 8 nitrogen and oxygen atoms in total. The monoisotopic (exact) mass is 448 g/mol. The van der Waals surface area contributed by atoms with Crippen molar-refractivity contribution in [3.05, 3.63) is 47.5 Å². The van der Waals surface area contributed by atoms with Crippen molar-refractivity contribution in [3.63, 3.8) is 0 Å². The van der Waals surface area contributed by atoms with E-state index in [1.54, 1.807) is 31.2 Å². The van der Waals surface area contributed by atoms with Gasteiger partial charge in [0.1, 0.15) is 5.37 Å². The van der Waals surface area contributed by atoms with Gasteiger partial charge in [-0.25, -0.2) is 4.79 Å². The molecule has 0 N–H and O–H groups in total. The molecule has 1 fully saturated rings. The number of fused-ring (bicyclic) bond motifs is 1. The van der Waals surface area contributed by atoms with Gasteiger partial charge in [-0.3, -0.25) is 19.3 Å². The Morgan fingerprint density at radius 1 is 1.13 bits per heavy atom. The molecule has 160 valence electrons. The molecular formula is C20H24N2O6SSi. The molecule has 3 unspecified atom stereocenters. The lowest BCUT2D eigenvalue weighted by atomic mass is 9.98. The van der Waals surface area contributed by atoms with E-state index in [0.29, 0.717) is 5.57 Å². The molecule has 0 aromatic heterocycles. The highest BCUT2D eigenvalue weighted by molar-refractivity contribution is 7.96. The van der Waals surface area contributed by atoms with E-state index < -0.39 is 49.5 Å². The zero-order valence-corrected chi connectivity index (χ0v) is 19.3. The zero-order chi connectivity index (χ0) is 22.4. The van der Waals surface area contributed by atoms with E-state index in [0.717, 1.165) is 16.9 Å². The maximum atomic E-state index is 13.2. The van der Waals surface area contributed by atoms with Crippen molar-refractivity contribution >= 4 is 44.1 Å². The summed E-state index contributed by atoms with van der Waals surface area (Å²) in [5.74, 6) is -2.23. The number of imide groups is 1. The average Bonchev–Trinajstić information content (AvgIpc) is 2.92. The Morgan fingerprint density at radius 2 is 1.67 bits per heavy atom. The lowest BCUT2D eigenvalue weighted by molar-refractivity contribution is -0.163. The number of methoxy groups -OCH3 is 1. The highest BCUT2D eigenvalue weighted by Gasteiger charge is 2.60. The van der Waals surface area contributed by atoms with Gasteiger partial charge in [-0.15, -0.1) is 0 Å². The summed E-state index contributed by atoms with van der Waals surface area (Å²) in [4.78, 5) is 53.6. The molecule has 10 heteroatoms. The number of rotatable bonds is 7. The Kier molecular flexibility index (Phi) is 5.94. The van der Waals surface area contributed by atoms with Crippen LogP contribution in [0.2, 0.25) is 19.6 Å². The van der Waals surface area contributed by atoms with E-state index in [9.17, 15) is 19.2 Å². The number of ether oxygens (including phenoxy) is 1. The van der Waals surface area contributed by atoms with Crippen LogP contribution in [0.3, 0.4) is 0 Å². The normalized spacial score (nSPS) is 22.0. The number of amides is 3. The predicted octanol–water partition coefficient (Wildman–Crippen LogP) is 2.44. The minimum Gasteiger partial charge on any atom is -0.467 e. The maximum Gasteiger partial charge on any atom is 0.332 e. The maximum absolute atomic E-state index is 13.2. The minimum absolute atomic E-state index is 0.257. The fourth-order valence-electron chi connectivity index (χ4n) is 3.40. The lowest BCUT2D eigenvalue weighted by Crippen LogP contribution is -2.73. The first kappa shape index (κ1) is 22.3. The summed E-state index contributed by atoms with van der Waals surface area (Å²) < 4.78 is 10.8. The topological polar surface area (TPSA) is 93.2 Å². The van der Waals surface area contributed by atoms with E-state index in [1.165, 1.54) is 12.0 Å².